The largest absolute Gasteiger partial charge is 0.456 e. The van der Waals surface area contributed by atoms with Crippen LogP contribution in [-0.4, -0.2) is 23.8 Å². The molecule has 0 unspecified atom stereocenters. The van der Waals surface area contributed by atoms with Gasteiger partial charge in [-0.3, -0.25) is 0 Å². The van der Waals surface area contributed by atoms with Crippen LogP contribution in [0.4, 0.5) is 0 Å². The Balaban J connectivity index is 1.70. The Labute approximate surface area is 201 Å². The Kier molecular flexibility index (Phi) is 5.59. The predicted octanol–water partition coefficient (Wildman–Crippen LogP) is 6.73. The van der Waals surface area contributed by atoms with Crippen LogP contribution in [0.15, 0.2) is 95.4 Å². The van der Waals surface area contributed by atoms with Gasteiger partial charge >= 0.3 is 7.48 Å². The van der Waals surface area contributed by atoms with E-state index in [9.17, 15) is 5.11 Å². The van der Waals surface area contributed by atoms with E-state index in [1.807, 2.05) is 50.2 Å². The smallest absolute Gasteiger partial charge is 0.334 e. The van der Waals surface area contributed by atoms with E-state index in [1.165, 1.54) is 0 Å². The molecule has 1 N–H and O–H groups in total. The van der Waals surface area contributed by atoms with E-state index >= 15 is 0 Å². The van der Waals surface area contributed by atoms with E-state index in [-0.39, 0.29) is 0 Å². The number of fused-ring (bicyclic) bond motifs is 3. The molecule has 34 heavy (non-hydrogen) atoms. The van der Waals surface area contributed by atoms with Crippen LogP contribution in [0.2, 0.25) is 0 Å². The molecular formula is C30H28BO3. The van der Waals surface area contributed by atoms with Crippen molar-refractivity contribution < 1.29 is 14.2 Å². The van der Waals surface area contributed by atoms with Crippen molar-refractivity contribution >= 4 is 34.9 Å². The molecule has 0 aliphatic heterocycles. The number of benzene rings is 4. The lowest BCUT2D eigenvalue weighted by Gasteiger charge is -2.37. The highest BCUT2D eigenvalue weighted by molar-refractivity contribution is 6.51. The minimum absolute atomic E-state index is 0.767. The van der Waals surface area contributed by atoms with Crippen LogP contribution in [0, 0.1) is 0 Å². The molecule has 5 aromatic rings. The van der Waals surface area contributed by atoms with Gasteiger partial charge in [0.15, 0.2) is 0 Å². The van der Waals surface area contributed by atoms with Gasteiger partial charge in [0, 0.05) is 16.3 Å². The molecule has 4 heteroatoms. The zero-order chi connectivity index (χ0) is 23.9. The molecule has 1 heterocycles. The van der Waals surface area contributed by atoms with E-state index in [1.54, 1.807) is 21.3 Å². The summed E-state index contributed by atoms with van der Waals surface area (Å²) >= 11 is 0. The van der Waals surface area contributed by atoms with Crippen molar-refractivity contribution in [1.82, 2.24) is 0 Å². The van der Waals surface area contributed by atoms with Gasteiger partial charge in [0.1, 0.15) is 11.2 Å². The summed E-state index contributed by atoms with van der Waals surface area (Å²) in [5.41, 5.74) is 5.15. The van der Waals surface area contributed by atoms with Crippen molar-refractivity contribution in [2.75, 3.05) is 0 Å². The van der Waals surface area contributed by atoms with Crippen LogP contribution >= 0.6 is 0 Å². The highest BCUT2D eigenvalue weighted by Crippen LogP contribution is 2.39. The topological polar surface area (TPSA) is 42.6 Å². The van der Waals surface area contributed by atoms with Crippen LogP contribution in [0.1, 0.15) is 27.7 Å². The number of rotatable bonds is 6. The summed E-state index contributed by atoms with van der Waals surface area (Å²) in [6.45, 7) is 7.25. The fourth-order valence-electron chi connectivity index (χ4n) is 4.00. The first kappa shape index (κ1) is 22.5. The summed E-state index contributed by atoms with van der Waals surface area (Å²) in [6.07, 6.45) is 0. The third kappa shape index (κ3) is 4.04. The quantitative estimate of drug-likeness (QED) is 0.294. The van der Waals surface area contributed by atoms with E-state index in [4.69, 9.17) is 9.07 Å². The SMILES string of the molecule is CC(C)(O)C(C)(C)O[B]c1cccc2c1oc1c(-c3ccccc3)cc(-c3ccccc3)cc12. The highest BCUT2D eigenvalue weighted by Gasteiger charge is 2.36. The highest BCUT2D eigenvalue weighted by atomic mass is 16.5. The lowest BCUT2D eigenvalue weighted by atomic mass is 9.82. The maximum absolute atomic E-state index is 10.5. The molecule has 1 radical (unpaired) electrons. The molecule has 0 spiro atoms. The second-order valence-corrected chi connectivity index (χ2v) is 9.76. The lowest BCUT2D eigenvalue weighted by molar-refractivity contribution is -0.0893. The molecule has 0 atom stereocenters. The Morgan fingerprint density at radius 2 is 1.32 bits per heavy atom. The van der Waals surface area contributed by atoms with Gasteiger partial charge in [-0.15, -0.1) is 0 Å². The van der Waals surface area contributed by atoms with Crippen LogP contribution in [-0.2, 0) is 4.65 Å². The Morgan fingerprint density at radius 3 is 1.97 bits per heavy atom. The Hall–Kier alpha value is -3.34. The van der Waals surface area contributed by atoms with Crippen LogP contribution in [0.25, 0.3) is 44.2 Å². The predicted molar refractivity (Wildman–Crippen MR) is 141 cm³/mol. The van der Waals surface area contributed by atoms with Gasteiger partial charge in [-0.2, -0.15) is 0 Å². The molecule has 3 nitrogen and oxygen atoms in total. The van der Waals surface area contributed by atoms with Crippen molar-refractivity contribution in [3.05, 3.63) is 91.0 Å². The Morgan fingerprint density at radius 1 is 0.676 bits per heavy atom. The van der Waals surface area contributed by atoms with Crippen molar-refractivity contribution in [3.63, 3.8) is 0 Å². The molecule has 5 rings (SSSR count). The fourth-order valence-corrected chi connectivity index (χ4v) is 4.00. The van der Waals surface area contributed by atoms with Gasteiger partial charge in [-0.25, -0.2) is 0 Å². The Bertz CT molecular complexity index is 1450. The molecule has 0 aliphatic rings. The van der Waals surface area contributed by atoms with Crippen LogP contribution in [0.3, 0.4) is 0 Å². The summed E-state index contributed by atoms with van der Waals surface area (Å²) < 4.78 is 12.6. The molecule has 0 saturated carbocycles. The minimum Gasteiger partial charge on any atom is -0.456 e. The first-order valence-electron chi connectivity index (χ1n) is 11.6. The summed E-state index contributed by atoms with van der Waals surface area (Å²) in [5, 5.41) is 12.6. The minimum atomic E-state index is -1.00. The summed E-state index contributed by atoms with van der Waals surface area (Å²) in [5.74, 6) is 0. The van der Waals surface area contributed by atoms with Crippen molar-refractivity contribution in [1.29, 1.82) is 0 Å². The second-order valence-electron chi connectivity index (χ2n) is 9.76. The molecule has 0 saturated heterocycles. The zero-order valence-corrected chi connectivity index (χ0v) is 20.0. The zero-order valence-electron chi connectivity index (χ0n) is 20.0. The van der Waals surface area contributed by atoms with E-state index in [0.717, 1.165) is 49.7 Å². The van der Waals surface area contributed by atoms with Gasteiger partial charge in [0.05, 0.1) is 11.2 Å². The van der Waals surface area contributed by atoms with Gasteiger partial charge in [-0.05, 0) is 62.0 Å². The standard InChI is InChI=1S/C30H28BO3/c1-29(2,32)30(3,4)34-31-26-17-11-16-23-25-19-22(20-12-7-5-8-13-20)18-24(27(25)33-28(23)26)21-14-9-6-10-15-21/h5-19,32H,1-4H3. The normalized spacial score (nSPS) is 12.4. The third-order valence-electron chi connectivity index (χ3n) is 6.77. The second kappa shape index (κ2) is 8.46. The third-order valence-corrected chi connectivity index (χ3v) is 6.77. The summed E-state index contributed by atoms with van der Waals surface area (Å²) in [7, 11) is 1.70. The first-order chi connectivity index (χ1) is 16.2. The molecule has 169 valence electrons. The summed E-state index contributed by atoms with van der Waals surface area (Å²) in [4.78, 5) is 0. The number of furan rings is 1. The molecule has 0 aliphatic carbocycles. The van der Waals surface area contributed by atoms with Gasteiger partial charge < -0.3 is 14.2 Å². The molecular weight excluding hydrogens is 419 g/mol. The fraction of sp³-hybridized carbons (Fsp3) is 0.200. The van der Waals surface area contributed by atoms with Crippen LogP contribution in [0.5, 0.6) is 0 Å². The molecule has 0 amide bonds. The molecule has 1 aromatic heterocycles. The number of aliphatic hydroxyl groups is 1. The van der Waals surface area contributed by atoms with Gasteiger partial charge in [0.2, 0.25) is 0 Å². The molecule has 0 fully saturated rings. The van der Waals surface area contributed by atoms with Gasteiger partial charge in [-0.1, -0.05) is 78.9 Å². The summed E-state index contributed by atoms with van der Waals surface area (Å²) in [6, 6.07) is 31.2. The van der Waals surface area contributed by atoms with E-state index in [0.29, 0.717) is 0 Å². The number of para-hydroxylation sites is 1. The maximum Gasteiger partial charge on any atom is 0.334 e. The number of hydrogen-bond donors (Lipinski definition) is 1. The molecule has 0 bridgehead atoms. The van der Waals surface area contributed by atoms with E-state index in [2.05, 4.69) is 54.6 Å². The van der Waals surface area contributed by atoms with Gasteiger partial charge in [0.25, 0.3) is 0 Å². The van der Waals surface area contributed by atoms with Crippen molar-refractivity contribution in [2.45, 2.75) is 38.9 Å². The maximum atomic E-state index is 10.5. The van der Waals surface area contributed by atoms with Crippen molar-refractivity contribution in [3.8, 4) is 22.3 Å². The van der Waals surface area contributed by atoms with Crippen LogP contribution < -0.4 is 5.46 Å². The monoisotopic (exact) mass is 447 g/mol. The lowest BCUT2D eigenvalue weighted by Crippen LogP contribution is -2.49. The van der Waals surface area contributed by atoms with E-state index < -0.39 is 11.2 Å². The first-order valence-corrected chi connectivity index (χ1v) is 11.6. The average Bonchev–Trinajstić information content (AvgIpc) is 3.22. The van der Waals surface area contributed by atoms with Crippen molar-refractivity contribution in [2.24, 2.45) is 0 Å². The average molecular weight is 447 g/mol. The number of hydrogen-bond acceptors (Lipinski definition) is 3. The molecule has 4 aromatic carbocycles.